The molecule has 3 rings (SSSR count). The zero-order valence-corrected chi connectivity index (χ0v) is 16.7. The average molecular weight is 367 g/mol. The van der Waals surface area contributed by atoms with Gasteiger partial charge in [-0.25, -0.2) is 0 Å². The highest BCUT2D eigenvalue weighted by Gasteiger charge is 2.11. The summed E-state index contributed by atoms with van der Waals surface area (Å²) in [6.07, 6.45) is 2.49. The van der Waals surface area contributed by atoms with Crippen LogP contribution in [0.3, 0.4) is 0 Å². The fourth-order valence-corrected chi connectivity index (χ4v) is 3.02. The van der Waals surface area contributed by atoms with Crippen molar-refractivity contribution in [3.8, 4) is 17.2 Å². The Morgan fingerprint density at radius 2 is 1.89 bits per heavy atom. The van der Waals surface area contributed by atoms with Gasteiger partial charge in [0.15, 0.2) is 11.5 Å². The van der Waals surface area contributed by atoms with Crippen LogP contribution in [0.25, 0.3) is 10.9 Å². The summed E-state index contributed by atoms with van der Waals surface area (Å²) in [5, 5.41) is 8.70. The first-order chi connectivity index (χ1) is 13.1. The number of fused-ring (bicyclic) bond motifs is 1. The van der Waals surface area contributed by atoms with E-state index in [1.54, 1.807) is 0 Å². The van der Waals surface area contributed by atoms with Gasteiger partial charge in [0, 0.05) is 11.9 Å². The SMILES string of the molecule is CCCCN(C)Cc1[nH]nc2ccc(Oc3ccccc3OC(C)C)cc12. The van der Waals surface area contributed by atoms with Gasteiger partial charge in [-0.2, -0.15) is 5.10 Å². The lowest BCUT2D eigenvalue weighted by Gasteiger charge is -2.16. The minimum Gasteiger partial charge on any atom is -0.487 e. The quantitative estimate of drug-likeness (QED) is 0.552. The molecule has 0 aliphatic carbocycles. The molecule has 144 valence electrons. The lowest BCUT2D eigenvalue weighted by molar-refractivity contribution is 0.233. The molecule has 1 aromatic heterocycles. The summed E-state index contributed by atoms with van der Waals surface area (Å²) >= 11 is 0. The second-order valence-corrected chi connectivity index (χ2v) is 7.19. The van der Waals surface area contributed by atoms with E-state index in [1.165, 1.54) is 12.8 Å². The van der Waals surface area contributed by atoms with E-state index in [4.69, 9.17) is 9.47 Å². The molecule has 0 fully saturated rings. The fraction of sp³-hybridized carbons (Fsp3) is 0.409. The maximum atomic E-state index is 6.13. The van der Waals surface area contributed by atoms with Crippen molar-refractivity contribution in [1.29, 1.82) is 0 Å². The normalized spacial score (nSPS) is 11.5. The van der Waals surface area contributed by atoms with Crippen molar-refractivity contribution in [1.82, 2.24) is 15.1 Å². The van der Waals surface area contributed by atoms with E-state index in [0.29, 0.717) is 0 Å². The van der Waals surface area contributed by atoms with Gasteiger partial charge in [0.25, 0.3) is 0 Å². The number of rotatable bonds is 9. The van der Waals surface area contributed by atoms with Crippen LogP contribution in [0.4, 0.5) is 0 Å². The van der Waals surface area contributed by atoms with Crippen LogP contribution in [0.2, 0.25) is 0 Å². The van der Waals surface area contributed by atoms with Crippen LogP contribution in [-0.4, -0.2) is 34.8 Å². The number of nitrogens with one attached hydrogen (secondary N) is 1. The Balaban J connectivity index is 1.81. The van der Waals surface area contributed by atoms with Gasteiger partial charge in [-0.05, 0) is 64.2 Å². The molecule has 0 radical (unpaired) electrons. The summed E-state index contributed by atoms with van der Waals surface area (Å²) in [6.45, 7) is 8.15. The molecule has 0 bridgehead atoms. The Morgan fingerprint density at radius 3 is 2.63 bits per heavy atom. The third-order valence-electron chi connectivity index (χ3n) is 4.37. The van der Waals surface area contributed by atoms with E-state index in [-0.39, 0.29) is 6.10 Å². The Morgan fingerprint density at radius 1 is 1.11 bits per heavy atom. The van der Waals surface area contributed by atoms with E-state index in [2.05, 4.69) is 29.1 Å². The highest BCUT2D eigenvalue weighted by Crippen LogP contribution is 2.33. The minimum atomic E-state index is 0.0939. The Kier molecular flexibility index (Phi) is 6.35. The minimum absolute atomic E-state index is 0.0939. The summed E-state index contributed by atoms with van der Waals surface area (Å²) in [5.41, 5.74) is 2.06. The number of H-pyrrole nitrogens is 1. The molecular formula is C22H29N3O2. The van der Waals surface area contributed by atoms with Gasteiger partial charge in [0.2, 0.25) is 0 Å². The van der Waals surface area contributed by atoms with Gasteiger partial charge in [0.05, 0.1) is 17.3 Å². The van der Waals surface area contributed by atoms with Crippen molar-refractivity contribution < 1.29 is 9.47 Å². The van der Waals surface area contributed by atoms with Crippen LogP contribution < -0.4 is 9.47 Å². The number of hydrogen-bond acceptors (Lipinski definition) is 4. The summed E-state index contributed by atoms with van der Waals surface area (Å²) in [5.74, 6) is 2.25. The highest BCUT2D eigenvalue weighted by atomic mass is 16.5. The van der Waals surface area contributed by atoms with Crippen LogP contribution in [-0.2, 0) is 6.54 Å². The van der Waals surface area contributed by atoms with Crippen LogP contribution in [0.5, 0.6) is 17.2 Å². The number of hydrogen-bond donors (Lipinski definition) is 1. The number of aromatic nitrogens is 2. The van der Waals surface area contributed by atoms with Gasteiger partial charge >= 0.3 is 0 Å². The molecule has 0 atom stereocenters. The van der Waals surface area contributed by atoms with Crippen LogP contribution in [0.1, 0.15) is 39.3 Å². The molecule has 0 aliphatic heterocycles. The van der Waals surface area contributed by atoms with Crippen molar-refractivity contribution in [2.45, 2.75) is 46.3 Å². The van der Waals surface area contributed by atoms with E-state index in [9.17, 15) is 0 Å². The first-order valence-corrected chi connectivity index (χ1v) is 9.66. The monoisotopic (exact) mass is 367 g/mol. The molecule has 0 spiro atoms. The molecule has 1 heterocycles. The molecule has 2 aromatic carbocycles. The maximum Gasteiger partial charge on any atom is 0.169 e. The number of para-hydroxylation sites is 2. The van der Waals surface area contributed by atoms with Crippen LogP contribution >= 0.6 is 0 Å². The predicted molar refractivity (Wildman–Crippen MR) is 110 cm³/mol. The first kappa shape index (κ1) is 19.2. The van der Waals surface area contributed by atoms with Crippen molar-refractivity contribution in [2.75, 3.05) is 13.6 Å². The highest BCUT2D eigenvalue weighted by molar-refractivity contribution is 5.82. The van der Waals surface area contributed by atoms with Crippen molar-refractivity contribution in [2.24, 2.45) is 0 Å². The first-order valence-electron chi connectivity index (χ1n) is 9.66. The number of aromatic amines is 1. The third kappa shape index (κ3) is 5.01. The lowest BCUT2D eigenvalue weighted by Crippen LogP contribution is -2.19. The Bertz CT molecular complexity index is 873. The van der Waals surface area contributed by atoms with Gasteiger partial charge in [0.1, 0.15) is 5.75 Å². The standard InChI is InChI=1S/C22H29N3O2/c1-5-6-13-25(4)15-20-18-14-17(11-12-19(18)23-24-20)27-22-10-8-7-9-21(22)26-16(2)3/h7-12,14,16H,5-6,13,15H2,1-4H3,(H,23,24). The summed E-state index contributed by atoms with van der Waals surface area (Å²) < 4.78 is 12.0. The average Bonchev–Trinajstić information content (AvgIpc) is 3.03. The van der Waals surface area contributed by atoms with Crippen LogP contribution in [0.15, 0.2) is 42.5 Å². The summed E-state index contributed by atoms with van der Waals surface area (Å²) in [6, 6.07) is 13.7. The van der Waals surface area contributed by atoms with E-state index in [0.717, 1.165) is 46.9 Å². The van der Waals surface area contributed by atoms with Crippen molar-refractivity contribution in [3.05, 3.63) is 48.2 Å². The molecule has 0 amide bonds. The molecule has 0 saturated heterocycles. The topological polar surface area (TPSA) is 50.4 Å². The zero-order chi connectivity index (χ0) is 19.2. The second-order valence-electron chi connectivity index (χ2n) is 7.19. The zero-order valence-electron chi connectivity index (χ0n) is 16.7. The summed E-state index contributed by atoms with van der Waals surface area (Å²) in [4.78, 5) is 2.32. The third-order valence-corrected chi connectivity index (χ3v) is 4.37. The number of ether oxygens (including phenoxy) is 2. The Hall–Kier alpha value is -2.53. The number of benzene rings is 2. The molecule has 0 aliphatic rings. The molecule has 5 heteroatoms. The predicted octanol–water partition coefficient (Wildman–Crippen LogP) is 5.37. The lowest BCUT2D eigenvalue weighted by atomic mass is 10.2. The molecule has 3 aromatic rings. The largest absolute Gasteiger partial charge is 0.487 e. The van der Waals surface area contributed by atoms with Gasteiger partial charge in [-0.15, -0.1) is 0 Å². The van der Waals surface area contributed by atoms with Crippen molar-refractivity contribution in [3.63, 3.8) is 0 Å². The van der Waals surface area contributed by atoms with Crippen molar-refractivity contribution >= 4 is 10.9 Å². The van der Waals surface area contributed by atoms with Gasteiger partial charge in [-0.3, -0.25) is 5.10 Å². The molecule has 0 saturated carbocycles. The second kappa shape index (κ2) is 8.91. The smallest absolute Gasteiger partial charge is 0.169 e. The maximum absolute atomic E-state index is 6.13. The van der Waals surface area contributed by atoms with Crippen LogP contribution in [0, 0.1) is 0 Å². The Labute approximate surface area is 161 Å². The number of nitrogens with zero attached hydrogens (tertiary/aromatic N) is 2. The van der Waals surface area contributed by atoms with Gasteiger partial charge in [-0.1, -0.05) is 25.5 Å². The molecule has 5 nitrogen and oxygen atoms in total. The van der Waals surface area contributed by atoms with E-state index < -0.39 is 0 Å². The summed E-state index contributed by atoms with van der Waals surface area (Å²) in [7, 11) is 2.14. The van der Waals surface area contributed by atoms with Gasteiger partial charge < -0.3 is 14.4 Å². The molecular weight excluding hydrogens is 338 g/mol. The van der Waals surface area contributed by atoms with E-state index >= 15 is 0 Å². The molecule has 1 N–H and O–H groups in total. The number of unbranched alkanes of at least 4 members (excludes halogenated alkanes) is 1. The fourth-order valence-electron chi connectivity index (χ4n) is 3.02. The van der Waals surface area contributed by atoms with E-state index in [1.807, 2.05) is 56.3 Å². The molecule has 27 heavy (non-hydrogen) atoms. The molecule has 0 unspecified atom stereocenters.